The monoisotopic (exact) mass is 562 g/mol. The van der Waals surface area contributed by atoms with Crippen LogP contribution in [0.3, 0.4) is 0 Å². The second kappa shape index (κ2) is 11.0. The molecule has 0 saturated carbocycles. The summed E-state index contributed by atoms with van der Waals surface area (Å²) in [6, 6.07) is 17.3. The highest BCUT2D eigenvalue weighted by Gasteiger charge is 2.35. The minimum Gasteiger partial charge on any atom is -0.492 e. The van der Waals surface area contributed by atoms with Crippen LogP contribution in [0.15, 0.2) is 54.6 Å². The summed E-state index contributed by atoms with van der Waals surface area (Å²) in [5.41, 5.74) is 2.98. The fraction of sp³-hybridized carbons (Fsp3) is 0.355. The average Bonchev–Trinajstić information content (AvgIpc) is 3.48. The van der Waals surface area contributed by atoms with Crippen molar-refractivity contribution in [2.24, 2.45) is 0 Å². The Labute approximate surface area is 239 Å². The molecule has 5 rings (SSSR count). The number of fused-ring (bicyclic) bond motifs is 4. The van der Waals surface area contributed by atoms with Gasteiger partial charge in [0.1, 0.15) is 23.7 Å². The first-order valence-electron chi connectivity index (χ1n) is 13.4. The van der Waals surface area contributed by atoms with Crippen LogP contribution in [0.1, 0.15) is 42.7 Å². The first-order valence-corrected chi connectivity index (χ1v) is 13.9. The Morgan fingerprint density at radius 2 is 1.85 bits per heavy atom. The molecule has 2 heterocycles. The molecule has 1 aliphatic heterocycles. The summed E-state index contributed by atoms with van der Waals surface area (Å²) in [5.74, 6) is 0.895. The standard InChI is InChI=1S/C31H35ClN4O4/c1-31(2,3)40-30(38)34-25-16-27-28(23-9-7-6-8-22(23)25)20(17-32)18-36(27)29(37)26-15-19-14-21(10-11-24(19)33-26)39-13-12-35(4)5/h6-11,14-16,20,33H,12-13,17-18H2,1-5H3,(H,34,38). The lowest BCUT2D eigenvalue weighted by Crippen LogP contribution is -2.30. The Morgan fingerprint density at radius 3 is 2.55 bits per heavy atom. The number of amides is 2. The van der Waals surface area contributed by atoms with Gasteiger partial charge < -0.3 is 24.3 Å². The molecule has 2 amide bonds. The van der Waals surface area contributed by atoms with Gasteiger partial charge in [-0.05, 0) is 76.1 Å². The van der Waals surface area contributed by atoms with Gasteiger partial charge in [0, 0.05) is 41.2 Å². The Morgan fingerprint density at radius 1 is 1.10 bits per heavy atom. The van der Waals surface area contributed by atoms with Crippen LogP contribution in [0.5, 0.6) is 5.75 Å². The maximum Gasteiger partial charge on any atom is 0.412 e. The van der Waals surface area contributed by atoms with Crippen molar-refractivity contribution < 1.29 is 19.1 Å². The van der Waals surface area contributed by atoms with E-state index in [1.165, 1.54) is 0 Å². The van der Waals surface area contributed by atoms with E-state index >= 15 is 0 Å². The first kappa shape index (κ1) is 27.8. The van der Waals surface area contributed by atoms with Gasteiger partial charge in [0.2, 0.25) is 0 Å². The van der Waals surface area contributed by atoms with Crippen LogP contribution in [0.25, 0.3) is 21.7 Å². The summed E-state index contributed by atoms with van der Waals surface area (Å²) >= 11 is 6.44. The van der Waals surface area contributed by atoms with E-state index in [0.29, 0.717) is 30.4 Å². The van der Waals surface area contributed by atoms with Gasteiger partial charge in [-0.3, -0.25) is 10.1 Å². The summed E-state index contributed by atoms with van der Waals surface area (Å²) < 4.78 is 11.4. The minimum atomic E-state index is -0.644. The third-order valence-corrected chi connectivity index (χ3v) is 7.24. The van der Waals surface area contributed by atoms with Crippen molar-refractivity contribution in [1.82, 2.24) is 9.88 Å². The van der Waals surface area contributed by atoms with E-state index in [-0.39, 0.29) is 11.8 Å². The number of nitrogens with zero attached hydrogens (tertiary/aromatic N) is 2. The number of carbonyl (C=O) groups excluding carboxylic acids is 2. The molecular formula is C31H35ClN4O4. The summed E-state index contributed by atoms with van der Waals surface area (Å²) in [5, 5.41) is 5.60. The number of halogens is 1. The quantitative estimate of drug-likeness (QED) is 0.248. The zero-order valence-corrected chi connectivity index (χ0v) is 24.3. The number of rotatable bonds is 7. The predicted octanol–water partition coefficient (Wildman–Crippen LogP) is 6.59. The lowest BCUT2D eigenvalue weighted by atomic mass is 9.95. The van der Waals surface area contributed by atoms with E-state index < -0.39 is 11.7 Å². The molecule has 9 heteroatoms. The number of aromatic amines is 1. The van der Waals surface area contributed by atoms with E-state index in [1.54, 1.807) is 4.90 Å². The van der Waals surface area contributed by atoms with Crippen molar-refractivity contribution in [1.29, 1.82) is 0 Å². The predicted molar refractivity (Wildman–Crippen MR) is 161 cm³/mol. The number of H-pyrrole nitrogens is 1. The molecule has 210 valence electrons. The molecule has 1 unspecified atom stereocenters. The Kier molecular flexibility index (Phi) is 7.66. The maximum atomic E-state index is 13.9. The number of likely N-dealkylation sites (N-methyl/N-ethyl adjacent to an activating group) is 1. The normalized spacial score (nSPS) is 15.1. The summed E-state index contributed by atoms with van der Waals surface area (Å²) in [6.45, 7) is 7.28. The van der Waals surface area contributed by atoms with Crippen LogP contribution in [0.4, 0.5) is 16.2 Å². The largest absolute Gasteiger partial charge is 0.492 e. The lowest BCUT2D eigenvalue weighted by molar-refractivity contribution is 0.0636. The topological polar surface area (TPSA) is 86.9 Å². The third-order valence-electron chi connectivity index (χ3n) is 6.86. The van der Waals surface area contributed by atoms with E-state index in [9.17, 15) is 9.59 Å². The van der Waals surface area contributed by atoms with Crippen LogP contribution in [-0.2, 0) is 4.74 Å². The van der Waals surface area contributed by atoms with E-state index in [4.69, 9.17) is 21.1 Å². The van der Waals surface area contributed by atoms with Gasteiger partial charge >= 0.3 is 6.09 Å². The SMILES string of the molecule is CN(C)CCOc1ccc2[nH]c(C(=O)N3CC(CCl)c4c3cc(NC(=O)OC(C)(C)C)c3ccccc43)cc2c1. The van der Waals surface area contributed by atoms with Gasteiger partial charge in [0.15, 0.2) is 0 Å². The van der Waals surface area contributed by atoms with Crippen molar-refractivity contribution in [3.8, 4) is 5.75 Å². The van der Waals surface area contributed by atoms with Crippen molar-refractivity contribution in [3.05, 3.63) is 65.9 Å². The van der Waals surface area contributed by atoms with Gasteiger partial charge in [-0.15, -0.1) is 11.6 Å². The Balaban J connectivity index is 1.49. The molecule has 2 N–H and O–H groups in total. The van der Waals surface area contributed by atoms with Crippen molar-refractivity contribution in [2.45, 2.75) is 32.3 Å². The molecule has 0 radical (unpaired) electrons. The Hall–Kier alpha value is -3.75. The smallest absolute Gasteiger partial charge is 0.412 e. The minimum absolute atomic E-state index is 0.0535. The molecule has 0 spiro atoms. The number of benzene rings is 3. The van der Waals surface area contributed by atoms with Crippen LogP contribution in [0.2, 0.25) is 0 Å². The second-order valence-corrected chi connectivity index (χ2v) is 11.7. The van der Waals surface area contributed by atoms with Crippen molar-refractivity contribution >= 4 is 56.7 Å². The molecule has 3 aromatic carbocycles. The number of aromatic nitrogens is 1. The van der Waals surface area contributed by atoms with E-state index in [2.05, 4.69) is 15.2 Å². The first-order chi connectivity index (χ1) is 19.0. The zero-order valence-electron chi connectivity index (χ0n) is 23.5. The van der Waals surface area contributed by atoms with Crippen LogP contribution in [0, 0.1) is 0 Å². The fourth-order valence-corrected chi connectivity index (χ4v) is 5.34. The molecule has 1 atom stereocenters. The van der Waals surface area contributed by atoms with Crippen molar-refractivity contribution in [3.63, 3.8) is 0 Å². The molecule has 8 nitrogen and oxygen atoms in total. The molecule has 0 fully saturated rings. The Bertz CT molecular complexity index is 1570. The van der Waals surface area contributed by atoms with Crippen molar-refractivity contribution in [2.75, 3.05) is 49.9 Å². The number of carbonyl (C=O) groups is 2. The molecule has 40 heavy (non-hydrogen) atoms. The average molecular weight is 563 g/mol. The van der Waals surface area contributed by atoms with E-state index in [0.717, 1.165) is 45.2 Å². The van der Waals surface area contributed by atoms with Gasteiger partial charge in [-0.25, -0.2) is 4.79 Å². The molecule has 0 aliphatic carbocycles. The number of hydrogen-bond acceptors (Lipinski definition) is 5. The van der Waals surface area contributed by atoms with Gasteiger partial charge in [-0.2, -0.15) is 0 Å². The zero-order chi connectivity index (χ0) is 28.6. The highest BCUT2D eigenvalue weighted by molar-refractivity contribution is 6.20. The third kappa shape index (κ3) is 5.74. The number of ether oxygens (including phenoxy) is 2. The lowest BCUT2D eigenvalue weighted by Gasteiger charge is -2.22. The fourth-order valence-electron chi connectivity index (χ4n) is 5.09. The summed E-state index contributed by atoms with van der Waals surface area (Å²) in [7, 11) is 4.00. The number of alkyl halides is 1. The van der Waals surface area contributed by atoms with Crippen LogP contribution < -0.4 is 15.0 Å². The van der Waals surface area contributed by atoms with Gasteiger partial charge in [0.25, 0.3) is 5.91 Å². The number of hydrogen-bond donors (Lipinski definition) is 2. The highest BCUT2D eigenvalue weighted by atomic mass is 35.5. The summed E-state index contributed by atoms with van der Waals surface area (Å²) in [6.07, 6.45) is -0.554. The summed E-state index contributed by atoms with van der Waals surface area (Å²) in [4.78, 5) is 33.7. The van der Waals surface area contributed by atoms with E-state index in [1.807, 2.05) is 89.5 Å². The highest BCUT2D eigenvalue weighted by Crippen LogP contribution is 2.45. The molecule has 4 aromatic rings. The van der Waals surface area contributed by atoms with Gasteiger partial charge in [-0.1, -0.05) is 24.3 Å². The maximum absolute atomic E-state index is 13.9. The van der Waals surface area contributed by atoms with Crippen LogP contribution >= 0.6 is 11.6 Å². The second-order valence-electron chi connectivity index (χ2n) is 11.4. The molecule has 0 bridgehead atoms. The number of nitrogens with one attached hydrogen (secondary N) is 2. The molecule has 0 saturated heterocycles. The molecular weight excluding hydrogens is 528 g/mol. The molecule has 1 aliphatic rings. The van der Waals surface area contributed by atoms with Crippen LogP contribution in [-0.4, -0.2) is 67.2 Å². The molecule has 1 aromatic heterocycles. The van der Waals surface area contributed by atoms with Gasteiger partial charge in [0.05, 0.1) is 11.4 Å². The number of anilines is 2.